The molecule has 8 aromatic carbocycles. The van der Waals surface area contributed by atoms with Crippen LogP contribution in [0.2, 0.25) is 0 Å². The first-order chi connectivity index (χ1) is 29.0. The van der Waals surface area contributed by atoms with E-state index in [2.05, 4.69) is 231 Å². The molecule has 0 bridgehead atoms. The van der Waals surface area contributed by atoms with E-state index in [-0.39, 0.29) is 17.4 Å². The molecule has 1 nitrogen and oxygen atoms in total. The molecule has 0 heterocycles. The molecule has 0 N–H and O–H groups in total. The smallest absolute Gasteiger partial charge is 0.0726 e. The van der Waals surface area contributed by atoms with Crippen molar-refractivity contribution < 1.29 is 0 Å². The van der Waals surface area contributed by atoms with Gasteiger partial charge in [-0.3, -0.25) is 0 Å². The number of nitrogens with zero attached hydrogens (tertiary/aromatic N) is 1. The van der Waals surface area contributed by atoms with Crippen LogP contribution in [0.5, 0.6) is 0 Å². The molecular weight excluding hydrogens is 711 g/mol. The Morgan fingerprint density at radius 1 is 0.407 bits per heavy atom. The lowest BCUT2D eigenvalue weighted by Crippen LogP contribution is -2.36. The average Bonchev–Trinajstić information content (AvgIpc) is 3.86. The van der Waals surface area contributed by atoms with Gasteiger partial charge in [0.2, 0.25) is 0 Å². The SMILES string of the molecule is CC1(C)c2ccccc2-c2ccc(N(c3cccc4c3-c3ccccc3C43c4ccccc4-c4cc(-c5ccccc5)ccc43)C3C=CC=CC3c3ccccc3)cc21. The minimum atomic E-state index is -0.461. The highest BCUT2D eigenvalue weighted by Gasteiger charge is 2.53. The first-order valence-electron chi connectivity index (χ1n) is 21.0. The molecule has 0 aromatic heterocycles. The predicted octanol–water partition coefficient (Wildman–Crippen LogP) is 14.4. The fourth-order valence-electron chi connectivity index (χ4n) is 11.3. The maximum absolute atomic E-state index is 2.67. The van der Waals surface area contributed by atoms with E-state index in [9.17, 15) is 0 Å². The molecule has 3 atom stereocenters. The summed E-state index contributed by atoms with van der Waals surface area (Å²) in [5, 5.41) is 0. The minimum absolute atomic E-state index is 0.0270. The molecule has 0 aliphatic heterocycles. The summed E-state index contributed by atoms with van der Waals surface area (Å²) in [6.45, 7) is 4.78. The van der Waals surface area contributed by atoms with E-state index in [4.69, 9.17) is 0 Å². The first-order valence-corrected chi connectivity index (χ1v) is 21.0. The molecule has 0 radical (unpaired) electrons. The van der Waals surface area contributed by atoms with Gasteiger partial charge >= 0.3 is 0 Å². The van der Waals surface area contributed by atoms with E-state index in [0.29, 0.717) is 0 Å². The van der Waals surface area contributed by atoms with E-state index in [1.807, 2.05) is 0 Å². The summed E-state index contributed by atoms with van der Waals surface area (Å²) in [7, 11) is 0. The van der Waals surface area contributed by atoms with Crippen molar-refractivity contribution in [3.05, 3.63) is 251 Å². The molecule has 1 spiro atoms. The molecule has 8 aromatic rings. The van der Waals surface area contributed by atoms with Crippen LogP contribution in [-0.2, 0) is 10.8 Å². The van der Waals surface area contributed by atoms with Crippen molar-refractivity contribution in [2.24, 2.45) is 0 Å². The van der Waals surface area contributed by atoms with E-state index in [1.54, 1.807) is 0 Å². The predicted molar refractivity (Wildman–Crippen MR) is 246 cm³/mol. The molecule has 4 aliphatic rings. The van der Waals surface area contributed by atoms with Gasteiger partial charge < -0.3 is 4.90 Å². The van der Waals surface area contributed by atoms with E-state index >= 15 is 0 Å². The highest BCUT2D eigenvalue weighted by atomic mass is 15.2. The summed E-state index contributed by atoms with van der Waals surface area (Å²) in [5.74, 6) is 0.144. The van der Waals surface area contributed by atoms with Gasteiger partial charge in [-0.1, -0.05) is 202 Å². The third-order valence-electron chi connectivity index (χ3n) is 13.9. The van der Waals surface area contributed by atoms with Crippen molar-refractivity contribution in [1.29, 1.82) is 0 Å². The molecule has 0 fully saturated rings. The fourth-order valence-corrected chi connectivity index (χ4v) is 11.3. The standard InChI is InChI=1S/C58H43N/c1-57(2)48-26-13-9-23-43(48)45-34-33-41(37-53(45)57)59(54-30-16-12-22-42(54)39-20-7-4-8-21-39)55-31-17-29-52-56(55)46-25-11-15-28-50(46)58(52)49-27-14-10-24-44(49)47-36-40(32-35-51(47)58)38-18-5-3-6-19-38/h3-37,42,54H,1-2H3. The Morgan fingerprint density at radius 3 is 1.78 bits per heavy atom. The summed E-state index contributed by atoms with van der Waals surface area (Å²) in [5.41, 5.74) is 21.8. The second-order valence-corrected chi connectivity index (χ2v) is 17.1. The normalized spacial score (nSPS) is 19.4. The molecule has 4 aliphatic carbocycles. The molecular formula is C58H43N. The summed E-state index contributed by atoms with van der Waals surface area (Å²) < 4.78 is 0. The van der Waals surface area contributed by atoms with Crippen molar-refractivity contribution in [3.8, 4) is 44.5 Å². The second-order valence-electron chi connectivity index (χ2n) is 17.1. The summed E-state index contributed by atoms with van der Waals surface area (Å²) in [4.78, 5) is 2.67. The second kappa shape index (κ2) is 12.8. The van der Waals surface area contributed by atoms with Gasteiger partial charge in [0, 0.05) is 28.3 Å². The van der Waals surface area contributed by atoms with Crippen LogP contribution in [0.15, 0.2) is 212 Å². The molecule has 1 heteroatoms. The highest BCUT2D eigenvalue weighted by molar-refractivity contribution is 6.00. The Bertz CT molecular complexity index is 3040. The summed E-state index contributed by atoms with van der Waals surface area (Å²) in [6.07, 6.45) is 9.29. The van der Waals surface area contributed by atoms with Gasteiger partial charge in [-0.2, -0.15) is 0 Å². The number of anilines is 2. The Balaban J connectivity index is 1.13. The lowest BCUT2D eigenvalue weighted by molar-refractivity contribution is 0.657. The first kappa shape index (κ1) is 34.1. The number of rotatable bonds is 5. The van der Waals surface area contributed by atoms with Crippen LogP contribution in [0, 0.1) is 0 Å². The zero-order valence-corrected chi connectivity index (χ0v) is 33.3. The van der Waals surface area contributed by atoms with Gasteiger partial charge in [0.1, 0.15) is 0 Å². The zero-order chi connectivity index (χ0) is 39.3. The Hall–Kier alpha value is -6.96. The van der Waals surface area contributed by atoms with Crippen molar-refractivity contribution in [3.63, 3.8) is 0 Å². The monoisotopic (exact) mass is 753 g/mol. The minimum Gasteiger partial charge on any atom is -0.333 e. The molecule has 3 unspecified atom stereocenters. The largest absolute Gasteiger partial charge is 0.333 e. The van der Waals surface area contributed by atoms with E-state index in [0.717, 1.165) is 0 Å². The van der Waals surface area contributed by atoms with Crippen molar-refractivity contribution in [2.45, 2.75) is 36.6 Å². The number of hydrogen-bond acceptors (Lipinski definition) is 1. The van der Waals surface area contributed by atoms with Crippen molar-refractivity contribution in [1.82, 2.24) is 0 Å². The molecule has 59 heavy (non-hydrogen) atoms. The van der Waals surface area contributed by atoms with Gasteiger partial charge in [0.15, 0.2) is 0 Å². The van der Waals surface area contributed by atoms with Crippen molar-refractivity contribution >= 4 is 11.4 Å². The van der Waals surface area contributed by atoms with Crippen LogP contribution in [0.1, 0.15) is 58.7 Å². The van der Waals surface area contributed by atoms with Gasteiger partial charge in [-0.15, -0.1) is 0 Å². The van der Waals surface area contributed by atoms with Gasteiger partial charge in [0.05, 0.1) is 11.5 Å². The fraction of sp³-hybridized carbons (Fsp3) is 0.103. The van der Waals surface area contributed by atoms with Crippen LogP contribution in [0.3, 0.4) is 0 Å². The van der Waals surface area contributed by atoms with E-state index in [1.165, 1.54) is 94.8 Å². The topological polar surface area (TPSA) is 3.24 Å². The number of allylic oxidation sites excluding steroid dienone is 2. The Kier molecular flexibility index (Phi) is 7.38. The quantitative estimate of drug-likeness (QED) is 0.169. The maximum Gasteiger partial charge on any atom is 0.0726 e. The Labute approximate surface area is 347 Å². The third-order valence-corrected chi connectivity index (χ3v) is 13.9. The van der Waals surface area contributed by atoms with Crippen LogP contribution in [0.4, 0.5) is 11.4 Å². The summed E-state index contributed by atoms with van der Waals surface area (Å²) in [6, 6.07) is 70.8. The van der Waals surface area contributed by atoms with Crippen LogP contribution < -0.4 is 4.90 Å². The van der Waals surface area contributed by atoms with Gasteiger partial charge in [-0.05, 0) is 102 Å². The number of hydrogen-bond donors (Lipinski definition) is 0. The van der Waals surface area contributed by atoms with E-state index < -0.39 is 5.41 Å². The lowest BCUT2D eigenvalue weighted by atomic mass is 9.70. The van der Waals surface area contributed by atoms with Crippen LogP contribution in [0.25, 0.3) is 44.5 Å². The van der Waals surface area contributed by atoms with Gasteiger partial charge in [0.25, 0.3) is 0 Å². The maximum atomic E-state index is 2.67. The van der Waals surface area contributed by atoms with Crippen LogP contribution >= 0.6 is 0 Å². The summed E-state index contributed by atoms with van der Waals surface area (Å²) >= 11 is 0. The number of fused-ring (bicyclic) bond motifs is 13. The molecule has 0 amide bonds. The molecule has 12 rings (SSSR count). The third kappa shape index (κ3) is 4.73. The zero-order valence-electron chi connectivity index (χ0n) is 33.3. The lowest BCUT2D eigenvalue weighted by Gasteiger charge is -2.39. The molecule has 280 valence electrons. The molecule has 0 saturated carbocycles. The van der Waals surface area contributed by atoms with Crippen molar-refractivity contribution in [2.75, 3.05) is 4.90 Å². The number of benzene rings is 8. The average molecular weight is 754 g/mol. The highest BCUT2D eigenvalue weighted by Crippen LogP contribution is 2.65. The molecule has 0 saturated heterocycles. The van der Waals surface area contributed by atoms with Crippen LogP contribution in [-0.4, -0.2) is 6.04 Å². The Morgan fingerprint density at radius 2 is 1.00 bits per heavy atom. The van der Waals surface area contributed by atoms with Gasteiger partial charge in [-0.25, -0.2) is 0 Å².